The lowest BCUT2D eigenvalue weighted by atomic mass is 9.95. The van der Waals surface area contributed by atoms with Crippen LogP contribution in [0.1, 0.15) is 43.9 Å². The summed E-state index contributed by atoms with van der Waals surface area (Å²) in [5.74, 6) is 0.866. The van der Waals surface area contributed by atoms with Gasteiger partial charge in [0.1, 0.15) is 0 Å². The Kier molecular flexibility index (Phi) is 5.04. The molecule has 0 unspecified atom stereocenters. The van der Waals surface area contributed by atoms with Gasteiger partial charge in [0.05, 0.1) is 11.1 Å². The van der Waals surface area contributed by atoms with E-state index < -0.39 is 5.41 Å². The quantitative estimate of drug-likeness (QED) is 0.806. The number of nitrogens with zero attached hydrogens (tertiary/aromatic N) is 2. The van der Waals surface area contributed by atoms with Gasteiger partial charge in [0, 0.05) is 16.9 Å². The van der Waals surface area contributed by atoms with E-state index in [1.165, 1.54) is 24.2 Å². The fourth-order valence-corrected chi connectivity index (χ4v) is 4.55. The van der Waals surface area contributed by atoms with Crippen LogP contribution < -0.4 is 5.32 Å². The summed E-state index contributed by atoms with van der Waals surface area (Å²) in [6, 6.07) is 7.64. The highest BCUT2D eigenvalue weighted by molar-refractivity contribution is 7.13. The Bertz CT molecular complexity index is 794. The van der Waals surface area contributed by atoms with Gasteiger partial charge < -0.3 is 5.32 Å². The number of amides is 1. The van der Waals surface area contributed by atoms with Gasteiger partial charge in [-0.15, -0.1) is 11.3 Å². The van der Waals surface area contributed by atoms with Gasteiger partial charge in [-0.1, -0.05) is 30.7 Å². The molecule has 1 aliphatic heterocycles. The van der Waals surface area contributed by atoms with Crippen molar-refractivity contribution < 1.29 is 4.79 Å². The maximum absolute atomic E-state index is 12.8. The number of piperidine rings is 1. The summed E-state index contributed by atoms with van der Waals surface area (Å²) in [4.78, 5) is 19.9. The number of hydrogen-bond donors (Lipinski definition) is 1. The molecule has 138 valence electrons. The smallest absolute Gasteiger partial charge is 0.236 e. The van der Waals surface area contributed by atoms with Gasteiger partial charge in [0.15, 0.2) is 5.13 Å². The molecule has 26 heavy (non-hydrogen) atoms. The van der Waals surface area contributed by atoms with E-state index in [9.17, 15) is 4.79 Å². The number of thiazole rings is 1. The Morgan fingerprint density at radius 1 is 1.38 bits per heavy atom. The summed E-state index contributed by atoms with van der Waals surface area (Å²) in [6.07, 6.45) is 4.25. The van der Waals surface area contributed by atoms with Crippen LogP contribution in [-0.2, 0) is 16.8 Å². The number of rotatable bonds is 5. The molecule has 1 aromatic heterocycles. The second kappa shape index (κ2) is 7.29. The fraction of sp³-hybridized carbons (Fsp3) is 0.500. The second-order valence-electron chi connectivity index (χ2n) is 7.65. The zero-order valence-electron chi connectivity index (χ0n) is 15.0. The molecule has 4 rings (SSSR count). The van der Waals surface area contributed by atoms with Crippen molar-refractivity contribution in [1.82, 2.24) is 9.88 Å². The summed E-state index contributed by atoms with van der Waals surface area (Å²) in [5, 5.41) is 6.47. The van der Waals surface area contributed by atoms with Crippen LogP contribution in [0.25, 0.3) is 0 Å². The number of carbonyl (C=O) groups excluding carboxylic acids is 1. The molecular weight excluding hydrogens is 366 g/mol. The highest BCUT2D eigenvalue weighted by Gasteiger charge is 2.51. The first-order chi connectivity index (χ1) is 12.5. The normalized spacial score (nSPS) is 20.1. The number of benzene rings is 1. The molecule has 1 saturated heterocycles. The number of aromatic nitrogens is 1. The molecule has 2 heterocycles. The zero-order chi connectivity index (χ0) is 18.1. The first kappa shape index (κ1) is 18.0. The second-order valence-corrected chi connectivity index (χ2v) is 8.94. The Morgan fingerprint density at radius 2 is 2.15 bits per heavy atom. The van der Waals surface area contributed by atoms with Crippen molar-refractivity contribution in [3.05, 3.63) is 45.9 Å². The average molecular weight is 390 g/mol. The van der Waals surface area contributed by atoms with Crippen LogP contribution in [0.4, 0.5) is 5.13 Å². The summed E-state index contributed by atoms with van der Waals surface area (Å²) in [7, 11) is 0. The van der Waals surface area contributed by atoms with E-state index in [1.54, 1.807) is 0 Å². The van der Waals surface area contributed by atoms with Gasteiger partial charge >= 0.3 is 0 Å². The van der Waals surface area contributed by atoms with E-state index in [2.05, 4.69) is 27.5 Å². The number of likely N-dealkylation sites (tertiary alicyclic amines) is 1. The molecule has 0 radical (unpaired) electrons. The first-order valence-electron chi connectivity index (χ1n) is 9.29. The van der Waals surface area contributed by atoms with Crippen LogP contribution in [0.5, 0.6) is 0 Å². The molecule has 1 N–H and O–H groups in total. The SMILES string of the molecule is CC1CCN(Cc2csc(NC(=O)C3(c4cccc(Cl)c4)CC3)n2)CC1. The van der Waals surface area contributed by atoms with Crippen molar-refractivity contribution in [2.75, 3.05) is 18.4 Å². The highest BCUT2D eigenvalue weighted by atomic mass is 35.5. The molecule has 2 fully saturated rings. The van der Waals surface area contributed by atoms with Crippen molar-refractivity contribution in [1.29, 1.82) is 0 Å². The maximum Gasteiger partial charge on any atom is 0.236 e. The molecule has 1 aliphatic carbocycles. The van der Waals surface area contributed by atoms with Gasteiger partial charge in [0.2, 0.25) is 5.91 Å². The van der Waals surface area contributed by atoms with E-state index in [0.29, 0.717) is 10.2 Å². The Labute approximate surface area is 163 Å². The topological polar surface area (TPSA) is 45.2 Å². The molecule has 0 atom stereocenters. The molecule has 0 bridgehead atoms. The molecule has 0 spiro atoms. The number of hydrogen-bond acceptors (Lipinski definition) is 4. The molecule has 6 heteroatoms. The number of nitrogens with one attached hydrogen (secondary N) is 1. The van der Waals surface area contributed by atoms with E-state index in [1.807, 2.05) is 24.3 Å². The summed E-state index contributed by atoms with van der Waals surface area (Å²) < 4.78 is 0. The number of halogens is 1. The van der Waals surface area contributed by atoms with E-state index in [-0.39, 0.29) is 5.91 Å². The Balaban J connectivity index is 1.39. The lowest BCUT2D eigenvalue weighted by molar-refractivity contribution is -0.118. The van der Waals surface area contributed by atoms with Gasteiger partial charge in [-0.25, -0.2) is 4.98 Å². The molecule has 2 aliphatic rings. The lowest BCUT2D eigenvalue weighted by Crippen LogP contribution is -2.32. The van der Waals surface area contributed by atoms with Crippen LogP contribution >= 0.6 is 22.9 Å². The van der Waals surface area contributed by atoms with Crippen molar-refractivity contribution in [3.8, 4) is 0 Å². The summed E-state index contributed by atoms with van der Waals surface area (Å²) in [5.41, 5.74) is 1.62. The molecule has 1 amide bonds. The summed E-state index contributed by atoms with van der Waals surface area (Å²) >= 11 is 7.62. The molecular formula is C20H24ClN3OS. The monoisotopic (exact) mass is 389 g/mol. The minimum absolute atomic E-state index is 0.0347. The van der Waals surface area contributed by atoms with Gasteiger partial charge in [-0.05, 0) is 62.4 Å². The minimum Gasteiger partial charge on any atom is -0.301 e. The predicted octanol–water partition coefficient (Wildman–Crippen LogP) is 4.70. The first-order valence-corrected chi connectivity index (χ1v) is 10.6. The minimum atomic E-state index is -0.431. The van der Waals surface area contributed by atoms with Crippen molar-refractivity contribution >= 4 is 34.0 Å². The van der Waals surface area contributed by atoms with Crippen molar-refractivity contribution in [2.24, 2.45) is 5.92 Å². The zero-order valence-corrected chi connectivity index (χ0v) is 16.6. The lowest BCUT2D eigenvalue weighted by Gasteiger charge is -2.29. The average Bonchev–Trinajstić information content (AvgIpc) is 3.33. The third-order valence-corrected chi connectivity index (χ3v) is 6.64. The third-order valence-electron chi connectivity index (χ3n) is 5.60. The van der Waals surface area contributed by atoms with E-state index >= 15 is 0 Å². The molecule has 2 aromatic rings. The highest BCUT2D eigenvalue weighted by Crippen LogP contribution is 2.49. The van der Waals surface area contributed by atoms with Gasteiger partial charge in [-0.3, -0.25) is 9.69 Å². The van der Waals surface area contributed by atoms with Crippen LogP contribution in [0.3, 0.4) is 0 Å². The number of anilines is 1. The van der Waals surface area contributed by atoms with Gasteiger partial charge in [0.25, 0.3) is 0 Å². The number of carbonyl (C=O) groups is 1. The van der Waals surface area contributed by atoms with Gasteiger partial charge in [-0.2, -0.15) is 0 Å². The van der Waals surface area contributed by atoms with Crippen LogP contribution in [0.15, 0.2) is 29.6 Å². The Hall–Kier alpha value is -1.43. The maximum atomic E-state index is 12.8. The largest absolute Gasteiger partial charge is 0.301 e. The molecule has 4 nitrogen and oxygen atoms in total. The van der Waals surface area contributed by atoms with Crippen LogP contribution in [0.2, 0.25) is 5.02 Å². The third kappa shape index (κ3) is 3.80. The molecule has 1 saturated carbocycles. The van der Waals surface area contributed by atoms with E-state index in [0.717, 1.165) is 49.7 Å². The van der Waals surface area contributed by atoms with Crippen LogP contribution in [0, 0.1) is 5.92 Å². The van der Waals surface area contributed by atoms with E-state index in [4.69, 9.17) is 11.6 Å². The summed E-state index contributed by atoms with van der Waals surface area (Å²) in [6.45, 7) is 5.47. The van der Waals surface area contributed by atoms with Crippen molar-refractivity contribution in [3.63, 3.8) is 0 Å². The van der Waals surface area contributed by atoms with Crippen LogP contribution in [-0.4, -0.2) is 28.9 Å². The van der Waals surface area contributed by atoms with Crippen molar-refractivity contribution in [2.45, 2.75) is 44.6 Å². The standard InChI is InChI=1S/C20H24ClN3OS/c1-14-5-9-24(10-6-14)12-17-13-26-19(22-17)23-18(25)20(7-8-20)15-3-2-4-16(21)11-15/h2-4,11,13-14H,5-10,12H2,1H3,(H,22,23,25). The predicted molar refractivity (Wildman–Crippen MR) is 107 cm³/mol. The fourth-order valence-electron chi connectivity index (χ4n) is 3.66. The Morgan fingerprint density at radius 3 is 2.85 bits per heavy atom. The molecule has 1 aromatic carbocycles.